The van der Waals surface area contributed by atoms with Crippen molar-refractivity contribution in [1.82, 2.24) is 5.32 Å². The summed E-state index contributed by atoms with van der Waals surface area (Å²) in [6, 6.07) is 2.37. The zero-order valence-electron chi connectivity index (χ0n) is 9.16. The molecule has 0 spiro atoms. The Labute approximate surface area is 95.6 Å². The van der Waals surface area contributed by atoms with E-state index in [0.29, 0.717) is 23.5 Å². The van der Waals surface area contributed by atoms with E-state index in [1.54, 1.807) is 0 Å². The molecular weight excluding hydrogens is 208 g/mol. The van der Waals surface area contributed by atoms with Crippen LogP contribution in [0.4, 0.5) is 0 Å². The van der Waals surface area contributed by atoms with E-state index < -0.39 is 0 Å². The van der Waals surface area contributed by atoms with Crippen LogP contribution in [0.15, 0.2) is 0 Å². The number of carbonyl (C=O) groups excluding carboxylic acids is 1. The van der Waals surface area contributed by atoms with Crippen molar-refractivity contribution < 1.29 is 4.79 Å². The lowest BCUT2D eigenvalue weighted by Crippen LogP contribution is -2.41. The lowest BCUT2D eigenvalue weighted by molar-refractivity contribution is -0.119. The van der Waals surface area contributed by atoms with Crippen LogP contribution in [0.1, 0.15) is 32.6 Å². The number of rotatable bonds is 4. The standard InChI is InChI=1S/C11H18N2OS/c1-9-4-2-3-5-10(9)13-11(14)8-15-7-6-12/h9-10H,2-5,7-8H2,1H3,(H,13,14). The number of hydrogen-bond acceptors (Lipinski definition) is 3. The van der Waals surface area contributed by atoms with Crippen LogP contribution in [0.25, 0.3) is 0 Å². The number of nitrogens with zero attached hydrogens (tertiary/aromatic N) is 1. The first-order valence-corrected chi connectivity index (χ1v) is 6.63. The van der Waals surface area contributed by atoms with E-state index in [4.69, 9.17) is 5.26 Å². The van der Waals surface area contributed by atoms with Gasteiger partial charge in [0.25, 0.3) is 0 Å². The quantitative estimate of drug-likeness (QED) is 0.745. The molecule has 1 amide bonds. The van der Waals surface area contributed by atoms with Gasteiger partial charge in [0.05, 0.1) is 17.6 Å². The highest BCUT2D eigenvalue weighted by Crippen LogP contribution is 2.23. The number of nitrogens with one attached hydrogen (secondary N) is 1. The minimum absolute atomic E-state index is 0.0778. The Balaban J connectivity index is 2.21. The van der Waals surface area contributed by atoms with Crippen LogP contribution in [-0.2, 0) is 4.79 Å². The summed E-state index contributed by atoms with van der Waals surface area (Å²) in [5, 5.41) is 11.4. The summed E-state index contributed by atoms with van der Waals surface area (Å²) < 4.78 is 0. The molecule has 1 saturated carbocycles. The van der Waals surface area contributed by atoms with Crippen molar-refractivity contribution >= 4 is 17.7 Å². The minimum atomic E-state index is 0.0778. The van der Waals surface area contributed by atoms with Gasteiger partial charge >= 0.3 is 0 Å². The number of carbonyl (C=O) groups is 1. The summed E-state index contributed by atoms with van der Waals surface area (Å²) in [5.41, 5.74) is 0. The maximum atomic E-state index is 11.5. The monoisotopic (exact) mass is 226 g/mol. The molecule has 84 valence electrons. The van der Waals surface area contributed by atoms with Gasteiger partial charge in [-0.15, -0.1) is 11.8 Å². The van der Waals surface area contributed by atoms with Crippen molar-refractivity contribution in [2.24, 2.45) is 5.92 Å². The molecule has 0 saturated heterocycles. The first kappa shape index (κ1) is 12.4. The van der Waals surface area contributed by atoms with E-state index in [1.165, 1.54) is 31.0 Å². The van der Waals surface area contributed by atoms with Gasteiger partial charge in [-0.3, -0.25) is 4.79 Å². The van der Waals surface area contributed by atoms with Crippen molar-refractivity contribution in [3.63, 3.8) is 0 Å². The summed E-state index contributed by atoms with van der Waals surface area (Å²) in [4.78, 5) is 11.5. The molecule has 1 aliphatic rings. The summed E-state index contributed by atoms with van der Waals surface area (Å²) in [6.45, 7) is 2.20. The summed E-state index contributed by atoms with van der Waals surface area (Å²) in [7, 11) is 0. The zero-order chi connectivity index (χ0) is 11.1. The van der Waals surface area contributed by atoms with E-state index in [0.717, 1.165) is 6.42 Å². The molecule has 0 heterocycles. The molecule has 1 N–H and O–H groups in total. The van der Waals surface area contributed by atoms with Crippen molar-refractivity contribution in [2.75, 3.05) is 11.5 Å². The number of nitriles is 1. The molecule has 1 rings (SSSR count). The van der Waals surface area contributed by atoms with Crippen molar-refractivity contribution in [3.8, 4) is 6.07 Å². The molecule has 0 aromatic carbocycles. The molecule has 2 atom stereocenters. The molecule has 3 nitrogen and oxygen atoms in total. The average molecular weight is 226 g/mol. The Hall–Kier alpha value is -0.690. The molecule has 1 fully saturated rings. The summed E-state index contributed by atoms with van der Waals surface area (Å²) in [6.07, 6.45) is 4.84. The average Bonchev–Trinajstić information content (AvgIpc) is 2.22. The molecule has 2 unspecified atom stereocenters. The van der Waals surface area contributed by atoms with E-state index in [-0.39, 0.29) is 5.91 Å². The Morgan fingerprint density at radius 2 is 2.27 bits per heavy atom. The predicted octanol–water partition coefficient (Wildman–Crippen LogP) is 1.94. The molecule has 0 radical (unpaired) electrons. The smallest absolute Gasteiger partial charge is 0.230 e. The highest BCUT2D eigenvalue weighted by Gasteiger charge is 2.22. The van der Waals surface area contributed by atoms with Crippen molar-refractivity contribution in [2.45, 2.75) is 38.6 Å². The Morgan fingerprint density at radius 1 is 1.53 bits per heavy atom. The molecule has 0 aromatic rings. The fourth-order valence-corrected chi connectivity index (χ4v) is 2.43. The molecule has 1 aliphatic carbocycles. The van der Waals surface area contributed by atoms with Gasteiger partial charge < -0.3 is 5.32 Å². The van der Waals surface area contributed by atoms with Crippen LogP contribution >= 0.6 is 11.8 Å². The van der Waals surface area contributed by atoms with Gasteiger partial charge in [-0.2, -0.15) is 5.26 Å². The maximum absolute atomic E-state index is 11.5. The first-order valence-electron chi connectivity index (χ1n) is 5.48. The largest absolute Gasteiger partial charge is 0.352 e. The minimum Gasteiger partial charge on any atom is -0.352 e. The van der Waals surface area contributed by atoms with E-state index in [2.05, 4.69) is 12.2 Å². The van der Waals surface area contributed by atoms with Gasteiger partial charge in [0.2, 0.25) is 5.91 Å². The molecule has 0 aromatic heterocycles. The molecule has 15 heavy (non-hydrogen) atoms. The third-order valence-corrected chi connectivity index (χ3v) is 3.66. The van der Waals surface area contributed by atoms with E-state index in [1.807, 2.05) is 6.07 Å². The van der Waals surface area contributed by atoms with Crippen LogP contribution in [0.3, 0.4) is 0 Å². The van der Waals surface area contributed by atoms with Gasteiger partial charge in [0.1, 0.15) is 0 Å². The zero-order valence-corrected chi connectivity index (χ0v) is 9.98. The Kier molecular flexibility index (Phi) is 5.56. The molecule has 0 bridgehead atoms. The van der Waals surface area contributed by atoms with Crippen LogP contribution in [0.5, 0.6) is 0 Å². The third kappa shape index (κ3) is 4.57. The highest BCUT2D eigenvalue weighted by atomic mass is 32.2. The van der Waals surface area contributed by atoms with Crippen LogP contribution in [0.2, 0.25) is 0 Å². The topological polar surface area (TPSA) is 52.9 Å². The van der Waals surface area contributed by atoms with Gasteiger partial charge in [-0.05, 0) is 18.8 Å². The Bertz CT molecular complexity index is 249. The van der Waals surface area contributed by atoms with Gasteiger partial charge in [-0.1, -0.05) is 19.8 Å². The van der Waals surface area contributed by atoms with E-state index in [9.17, 15) is 4.79 Å². The summed E-state index contributed by atoms with van der Waals surface area (Å²) >= 11 is 1.38. The normalized spacial score (nSPS) is 25.6. The molecular formula is C11H18N2OS. The highest BCUT2D eigenvalue weighted by molar-refractivity contribution is 8.00. The number of thioether (sulfide) groups is 1. The fourth-order valence-electron chi connectivity index (χ4n) is 1.97. The first-order chi connectivity index (χ1) is 7.24. The van der Waals surface area contributed by atoms with Crippen LogP contribution < -0.4 is 5.32 Å². The van der Waals surface area contributed by atoms with E-state index >= 15 is 0 Å². The SMILES string of the molecule is CC1CCCCC1NC(=O)CSCC#N. The second kappa shape index (κ2) is 6.73. The van der Waals surface area contributed by atoms with Crippen LogP contribution in [-0.4, -0.2) is 23.5 Å². The fraction of sp³-hybridized carbons (Fsp3) is 0.818. The number of amides is 1. The lowest BCUT2D eigenvalue weighted by atomic mass is 9.86. The molecule has 4 heteroatoms. The lowest BCUT2D eigenvalue weighted by Gasteiger charge is -2.29. The third-order valence-electron chi connectivity index (χ3n) is 2.86. The predicted molar refractivity (Wildman–Crippen MR) is 62.5 cm³/mol. The van der Waals surface area contributed by atoms with Crippen molar-refractivity contribution in [3.05, 3.63) is 0 Å². The van der Waals surface area contributed by atoms with Gasteiger partial charge in [0, 0.05) is 6.04 Å². The summed E-state index contributed by atoms with van der Waals surface area (Å²) in [5.74, 6) is 1.49. The number of hydrogen-bond donors (Lipinski definition) is 1. The maximum Gasteiger partial charge on any atom is 0.230 e. The van der Waals surface area contributed by atoms with Crippen LogP contribution in [0, 0.1) is 17.2 Å². The van der Waals surface area contributed by atoms with Gasteiger partial charge in [0.15, 0.2) is 0 Å². The second-order valence-electron chi connectivity index (χ2n) is 4.09. The van der Waals surface area contributed by atoms with Crippen molar-refractivity contribution in [1.29, 1.82) is 5.26 Å². The second-order valence-corrected chi connectivity index (χ2v) is 5.07. The molecule has 0 aliphatic heterocycles. The Morgan fingerprint density at radius 3 is 2.93 bits per heavy atom. The van der Waals surface area contributed by atoms with Gasteiger partial charge in [-0.25, -0.2) is 0 Å².